The van der Waals surface area contributed by atoms with E-state index in [0.717, 1.165) is 23.8 Å². The third kappa shape index (κ3) is 3.02. The molecular formula is C15H19ClN4. The standard InChI is InChI=1S/C15H19ClN4/c1-10(2)13-7-8-20(19-13)15-6-5-12(16)14(18-15)9-17-11-3-4-11/h5-8,10-11,17H,3-4,9H2,1-2H3. The Morgan fingerprint density at radius 3 is 2.80 bits per heavy atom. The second kappa shape index (κ2) is 5.54. The molecule has 4 nitrogen and oxygen atoms in total. The fourth-order valence-corrected chi connectivity index (χ4v) is 2.20. The minimum atomic E-state index is 0.416. The maximum atomic E-state index is 6.21. The molecule has 20 heavy (non-hydrogen) atoms. The first-order valence-electron chi connectivity index (χ1n) is 7.08. The molecule has 1 saturated carbocycles. The summed E-state index contributed by atoms with van der Waals surface area (Å²) in [7, 11) is 0. The molecule has 2 aromatic heterocycles. The predicted molar refractivity (Wildman–Crippen MR) is 80.3 cm³/mol. The van der Waals surface area contributed by atoms with Crippen LogP contribution in [0.15, 0.2) is 24.4 Å². The maximum Gasteiger partial charge on any atom is 0.153 e. The van der Waals surface area contributed by atoms with Crippen LogP contribution in [-0.4, -0.2) is 20.8 Å². The van der Waals surface area contributed by atoms with E-state index in [1.165, 1.54) is 12.8 Å². The molecule has 5 heteroatoms. The Labute approximate surface area is 124 Å². The number of nitrogens with one attached hydrogen (secondary N) is 1. The fourth-order valence-electron chi connectivity index (χ4n) is 2.03. The summed E-state index contributed by atoms with van der Waals surface area (Å²) < 4.78 is 1.81. The fraction of sp³-hybridized carbons (Fsp3) is 0.467. The van der Waals surface area contributed by atoms with Crippen LogP contribution < -0.4 is 5.32 Å². The summed E-state index contributed by atoms with van der Waals surface area (Å²) in [4.78, 5) is 4.62. The molecule has 0 atom stereocenters. The lowest BCUT2D eigenvalue weighted by molar-refractivity contribution is 0.669. The number of aromatic nitrogens is 3. The average molecular weight is 291 g/mol. The monoisotopic (exact) mass is 290 g/mol. The van der Waals surface area contributed by atoms with Gasteiger partial charge in [-0.15, -0.1) is 0 Å². The van der Waals surface area contributed by atoms with Crippen LogP contribution in [0, 0.1) is 0 Å². The SMILES string of the molecule is CC(C)c1ccn(-c2ccc(Cl)c(CNC3CC3)n2)n1. The van der Waals surface area contributed by atoms with Crippen LogP contribution in [0.4, 0.5) is 0 Å². The summed E-state index contributed by atoms with van der Waals surface area (Å²) in [6.07, 6.45) is 4.46. The van der Waals surface area contributed by atoms with E-state index in [-0.39, 0.29) is 0 Å². The second-order valence-corrected chi connectivity index (χ2v) is 6.00. The van der Waals surface area contributed by atoms with E-state index in [0.29, 0.717) is 17.0 Å². The van der Waals surface area contributed by atoms with Gasteiger partial charge in [-0.25, -0.2) is 9.67 Å². The third-order valence-electron chi connectivity index (χ3n) is 3.48. The molecule has 0 aliphatic heterocycles. The molecule has 1 aliphatic carbocycles. The van der Waals surface area contributed by atoms with Gasteiger partial charge in [0.15, 0.2) is 5.82 Å². The van der Waals surface area contributed by atoms with Crippen molar-refractivity contribution in [3.63, 3.8) is 0 Å². The van der Waals surface area contributed by atoms with E-state index >= 15 is 0 Å². The minimum Gasteiger partial charge on any atom is -0.308 e. The Balaban J connectivity index is 1.82. The van der Waals surface area contributed by atoms with Gasteiger partial charge in [-0.1, -0.05) is 25.4 Å². The van der Waals surface area contributed by atoms with E-state index in [2.05, 4.69) is 29.2 Å². The van der Waals surface area contributed by atoms with E-state index in [1.807, 2.05) is 29.1 Å². The quantitative estimate of drug-likeness (QED) is 0.919. The van der Waals surface area contributed by atoms with Gasteiger partial charge in [0.25, 0.3) is 0 Å². The molecule has 1 aliphatic rings. The van der Waals surface area contributed by atoms with Crippen LogP contribution in [0.5, 0.6) is 0 Å². The summed E-state index contributed by atoms with van der Waals surface area (Å²) in [5.74, 6) is 1.23. The highest BCUT2D eigenvalue weighted by Gasteiger charge is 2.20. The van der Waals surface area contributed by atoms with Gasteiger partial charge < -0.3 is 5.32 Å². The Bertz CT molecular complexity index is 602. The lowest BCUT2D eigenvalue weighted by Gasteiger charge is -2.08. The van der Waals surface area contributed by atoms with E-state index in [1.54, 1.807) is 0 Å². The van der Waals surface area contributed by atoms with Crippen molar-refractivity contribution < 1.29 is 0 Å². The van der Waals surface area contributed by atoms with Gasteiger partial charge in [0.05, 0.1) is 16.4 Å². The van der Waals surface area contributed by atoms with Gasteiger partial charge in [-0.3, -0.25) is 0 Å². The van der Waals surface area contributed by atoms with Crippen molar-refractivity contribution >= 4 is 11.6 Å². The van der Waals surface area contributed by atoms with Crippen molar-refractivity contribution in [3.8, 4) is 5.82 Å². The van der Waals surface area contributed by atoms with Crippen molar-refractivity contribution in [2.24, 2.45) is 0 Å². The highest BCUT2D eigenvalue weighted by atomic mass is 35.5. The lowest BCUT2D eigenvalue weighted by atomic mass is 10.1. The van der Waals surface area contributed by atoms with Gasteiger partial charge in [0.2, 0.25) is 0 Å². The van der Waals surface area contributed by atoms with Crippen LogP contribution in [-0.2, 0) is 6.54 Å². The zero-order valence-electron chi connectivity index (χ0n) is 11.8. The molecule has 0 amide bonds. The number of rotatable bonds is 5. The van der Waals surface area contributed by atoms with Crippen molar-refractivity contribution in [1.29, 1.82) is 0 Å². The molecule has 1 N–H and O–H groups in total. The summed E-state index contributed by atoms with van der Waals surface area (Å²) >= 11 is 6.21. The highest BCUT2D eigenvalue weighted by Crippen LogP contribution is 2.21. The number of nitrogens with zero attached hydrogens (tertiary/aromatic N) is 3. The van der Waals surface area contributed by atoms with Crippen molar-refractivity contribution in [1.82, 2.24) is 20.1 Å². The summed E-state index contributed by atoms with van der Waals surface area (Å²) in [5.41, 5.74) is 1.96. The second-order valence-electron chi connectivity index (χ2n) is 5.59. The smallest absolute Gasteiger partial charge is 0.153 e. The van der Waals surface area contributed by atoms with Crippen molar-refractivity contribution in [2.75, 3.05) is 0 Å². The molecule has 2 aromatic rings. The molecule has 106 valence electrons. The molecule has 0 spiro atoms. The van der Waals surface area contributed by atoms with Gasteiger partial charge in [0.1, 0.15) is 0 Å². The number of hydrogen-bond donors (Lipinski definition) is 1. The molecule has 1 fully saturated rings. The highest BCUT2D eigenvalue weighted by molar-refractivity contribution is 6.31. The van der Waals surface area contributed by atoms with Gasteiger partial charge >= 0.3 is 0 Å². The number of pyridine rings is 1. The summed E-state index contributed by atoms with van der Waals surface area (Å²) in [5, 5.41) is 8.69. The van der Waals surface area contributed by atoms with Crippen LogP contribution in [0.1, 0.15) is 44.0 Å². The molecule has 3 rings (SSSR count). The Hall–Kier alpha value is -1.39. The largest absolute Gasteiger partial charge is 0.308 e. The van der Waals surface area contributed by atoms with Crippen LogP contribution >= 0.6 is 11.6 Å². The number of halogens is 1. The maximum absolute atomic E-state index is 6.21. The average Bonchev–Trinajstić information content (AvgIpc) is 3.12. The summed E-state index contributed by atoms with van der Waals surface area (Å²) in [6.45, 7) is 4.98. The minimum absolute atomic E-state index is 0.416. The Morgan fingerprint density at radius 1 is 1.35 bits per heavy atom. The Morgan fingerprint density at radius 2 is 2.15 bits per heavy atom. The first-order valence-corrected chi connectivity index (χ1v) is 7.46. The first kappa shape index (κ1) is 13.6. The van der Waals surface area contributed by atoms with E-state index in [9.17, 15) is 0 Å². The van der Waals surface area contributed by atoms with Crippen molar-refractivity contribution in [2.45, 2.75) is 45.2 Å². The predicted octanol–water partition coefficient (Wildman–Crippen LogP) is 3.30. The molecule has 0 radical (unpaired) electrons. The van der Waals surface area contributed by atoms with Crippen LogP contribution in [0.3, 0.4) is 0 Å². The lowest BCUT2D eigenvalue weighted by Crippen LogP contribution is -2.17. The molecule has 0 aromatic carbocycles. The van der Waals surface area contributed by atoms with Gasteiger partial charge in [-0.2, -0.15) is 5.10 Å². The van der Waals surface area contributed by atoms with Gasteiger partial charge in [-0.05, 0) is 37.0 Å². The normalized spacial score (nSPS) is 15.0. The van der Waals surface area contributed by atoms with E-state index < -0.39 is 0 Å². The van der Waals surface area contributed by atoms with Crippen molar-refractivity contribution in [3.05, 3.63) is 40.8 Å². The summed E-state index contributed by atoms with van der Waals surface area (Å²) in [6, 6.07) is 6.47. The van der Waals surface area contributed by atoms with Crippen LogP contribution in [0.2, 0.25) is 5.02 Å². The molecule has 0 unspecified atom stereocenters. The van der Waals surface area contributed by atoms with Crippen LogP contribution in [0.25, 0.3) is 5.82 Å². The zero-order valence-corrected chi connectivity index (χ0v) is 12.6. The zero-order chi connectivity index (χ0) is 14.1. The van der Waals surface area contributed by atoms with Gasteiger partial charge in [0, 0.05) is 18.8 Å². The topological polar surface area (TPSA) is 42.7 Å². The molecule has 2 heterocycles. The Kier molecular flexibility index (Phi) is 3.76. The molecule has 0 bridgehead atoms. The molecular weight excluding hydrogens is 272 g/mol. The third-order valence-corrected chi connectivity index (χ3v) is 3.82. The molecule has 0 saturated heterocycles. The first-order chi connectivity index (χ1) is 9.63. The number of hydrogen-bond acceptors (Lipinski definition) is 3. The van der Waals surface area contributed by atoms with E-state index in [4.69, 9.17) is 11.6 Å².